The molecule has 1 saturated carbocycles. The van der Waals surface area contributed by atoms with Crippen molar-refractivity contribution in [1.29, 1.82) is 0 Å². The maximum Gasteiger partial charge on any atom is 0.293 e. The molecule has 0 radical (unpaired) electrons. The molecule has 78 valence electrons. The summed E-state index contributed by atoms with van der Waals surface area (Å²) in [6.07, 6.45) is 11.3. The summed E-state index contributed by atoms with van der Waals surface area (Å²) in [5, 5.41) is 2.95. The summed E-state index contributed by atoms with van der Waals surface area (Å²) in [6.45, 7) is 0.591. The Balaban J connectivity index is 2.14. The number of hydrogen-bond acceptors (Lipinski definition) is 3. The lowest BCUT2D eigenvalue weighted by molar-refractivity contribution is 0.699. The van der Waals surface area contributed by atoms with Crippen molar-refractivity contribution in [1.82, 2.24) is 9.55 Å². The van der Waals surface area contributed by atoms with E-state index in [1.165, 1.54) is 0 Å². The molecule has 1 aliphatic carbocycles. The van der Waals surface area contributed by atoms with Gasteiger partial charge in [-0.2, -0.15) is 0 Å². The molecule has 0 bridgehead atoms. The monoisotopic (exact) mass is 203 g/mol. The van der Waals surface area contributed by atoms with Crippen molar-refractivity contribution in [2.24, 2.45) is 0 Å². The maximum absolute atomic E-state index is 11.8. The van der Waals surface area contributed by atoms with Crippen LogP contribution in [0.15, 0.2) is 17.2 Å². The van der Waals surface area contributed by atoms with Crippen LogP contribution >= 0.6 is 0 Å². The van der Waals surface area contributed by atoms with Gasteiger partial charge in [-0.3, -0.25) is 4.79 Å². The van der Waals surface area contributed by atoms with E-state index in [1.54, 1.807) is 17.0 Å². The first-order valence-corrected chi connectivity index (χ1v) is 5.07. The van der Waals surface area contributed by atoms with E-state index in [-0.39, 0.29) is 5.56 Å². The van der Waals surface area contributed by atoms with Crippen LogP contribution in [0.4, 0.5) is 5.82 Å². The summed E-state index contributed by atoms with van der Waals surface area (Å²) in [5.41, 5.74) is -0.0444. The van der Waals surface area contributed by atoms with Crippen LogP contribution in [-0.2, 0) is 0 Å². The Bertz CT molecular complexity index is 440. The van der Waals surface area contributed by atoms with Crippen molar-refractivity contribution in [3.8, 4) is 12.3 Å². The van der Waals surface area contributed by atoms with Gasteiger partial charge < -0.3 is 9.88 Å². The van der Waals surface area contributed by atoms with Gasteiger partial charge in [-0.25, -0.2) is 4.98 Å². The number of nitrogens with one attached hydrogen (secondary N) is 1. The molecule has 1 N–H and O–H groups in total. The van der Waals surface area contributed by atoms with Crippen LogP contribution < -0.4 is 10.9 Å². The van der Waals surface area contributed by atoms with Crippen molar-refractivity contribution in [3.05, 3.63) is 22.7 Å². The first-order valence-electron chi connectivity index (χ1n) is 5.07. The quantitative estimate of drug-likeness (QED) is 0.587. The lowest BCUT2D eigenvalue weighted by Crippen LogP contribution is -2.23. The summed E-state index contributed by atoms with van der Waals surface area (Å²) < 4.78 is 1.74. The second-order valence-electron chi connectivity index (χ2n) is 3.60. The normalized spacial score (nSPS) is 14.6. The zero-order valence-electron chi connectivity index (χ0n) is 8.44. The van der Waals surface area contributed by atoms with Gasteiger partial charge in [0, 0.05) is 31.4 Å². The molecular weight excluding hydrogens is 190 g/mol. The minimum Gasteiger partial charge on any atom is -0.365 e. The highest BCUT2D eigenvalue weighted by atomic mass is 16.1. The van der Waals surface area contributed by atoms with E-state index in [1.807, 2.05) is 0 Å². The van der Waals surface area contributed by atoms with E-state index in [0.29, 0.717) is 24.8 Å². The Morgan fingerprint density at radius 1 is 1.67 bits per heavy atom. The molecule has 0 aliphatic heterocycles. The molecule has 0 amide bonds. The number of terminal acetylenes is 1. The average Bonchev–Trinajstić information content (AvgIpc) is 3.05. The van der Waals surface area contributed by atoms with E-state index < -0.39 is 0 Å². The van der Waals surface area contributed by atoms with Crippen LogP contribution in [0.25, 0.3) is 0 Å². The van der Waals surface area contributed by atoms with Crippen LogP contribution in [0.3, 0.4) is 0 Å². The molecule has 1 heterocycles. The molecule has 0 spiro atoms. The fourth-order valence-corrected chi connectivity index (χ4v) is 1.44. The second kappa shape index (κ2) is 4.18. The van der Waals surface area contributed by atoms with Crippen molar-refractivity contribution in [2.75, 3.05) is 11.9 Å². The highest BCUT2D eigenvalue weighted by Crippen LogP contribution is 2.33. The van der Waals surface area contributed by atoms with Gasteiger partial charge in [-0.05, 0) is 12.8 Å². The second-order valence-corrected chi connectivity index (χ2v) is 3.60. The molecule has 0 atom stereocenters. The highest BCUT2D eigenvalue weighted by Gasteiger charge is 2.25. The predicted molar refractivity (Wildman–Crippen MR) is 58.7 cm³/mol. The lowest BCUT2D eigenvalue weighted by Gasteiger charge is -2.06. The van der Waals surface area contributed by atoms with Gasteiger partial charge in [0.05, 0.1) is 0 Å². The topological polar surface area (TPSA) is 46.9 Å². The standard InChI is InChI=1S/C11H13N3O/c1-2-3-6-12-10-11(15)14(8-7-13-10)9-4-5-9/h1,7-9H,3-6H2,(H,12,13). The van der Waals surface area contributed by atoms with E-state index in [4.69, 9.17) is 6.42 Å². The zero-order chi connectivity index (χ0) is 10.7. The molecule has 1 aromatic heterocycles. The first-order chi connectivity index (χ1) is 7.33. The molecular formula is C11H13N3O. The van der Waals surface area contributed by atoms with Crippen molar-refractivity contribution >= 4 is 5.82 Å². The fourth-order valence-electron chi connectivity index (χ4n) is 1.44. The molecule has 0 unspecified atom stereocenters. The number of rotatable bonds is 4. The summed E-state index contributed by atoms with van der Waals surface area (Å²) in [5.74, 6) is 2.91. The van der Waals surface area contributed by atoms with E-state index in [9.17, 15) is 4.79 Å². The number of hydrogen-bond donors (Lipinski definition) is 1. The van der Waals surface area contributed by atoms with Crippen molar-refractivity contribution in [3.63, 3.8) is 0 Å². The Labute approximate surface area is 88.3 Å². The first kappa shape index (κ1) is 9.78. The van der Waals surface area contributed by atoms with Gasteiger partial charge >= 0.3 is 0 Å². The van der Waals surface area contributed by atoms with E-state index >= 15 is 0 Å². The van der Waals surface area contributed by atoms with Crippen LogP contribution in [0.2, 0.25) is 0 Å². The third-order valence-corrected chi connectivity index (χ3v) is 2.37. The molecule has 0 saturated heterocycles. The van der Waals surface area contributed by atoms with Gasteiger partial charge in [0.2, 0.25) is 0 Å². The fraction of sp³-hybridized carbons (Fsp3) is 0.455. The minimum atomic E-state index is -0.0444. The molecule has 0 aromatic carbocycles. The maximum atomic E-state index is 11.8. The van der Waals surface area contributed by atoms with Crippen LogP contribution in [-0.4, -0.2) is 16.1 Å². The van der Waals surface area contributed by atoms with Gasteiger partial charge in [-0.1, -0.05) is 0 Å². The summed E-state index contributed by atoms with van der Waals surface area (Å²) in [4.78, 5) is 15.8. The Morgan fingerprint density at radius 3 is 3.13 bits per heavy atom. The van der Waals surface area contributed by atoms with E-state index in [2.05, 4.69) is 16.2 Å². The third kappa shape index (κ3) is 2.18. The minimum absolute atomic E-state index is 0.0444. The molecule has 4 nitrogen and oxygen atoms in total. The lowest BCUT2D eigenvalue weighted by atomic mass is 10.4. The smallest absolute Gasteiger partial charge is 0.293 e. The van der Waals surface area contributed by atoms with E-state index in [0.717, 1.165) is 12.8 Å². The zero-order valence-corrected chi connectivity index (χ0v) is 8.44. The largest absolute Gasteiger partial charge is 0.365 e. The Hall–Kier alpha value is -1.76. The SMILES string of the molecule is C#CCCNc1nccn(C2CC2)c1=O. The summed E-state index contributed by atoms with van der Waals surface area (Å²) >= 11 is 0. The molecule has 4 heteroatoms. The predicted octanol–water partition coefficient (Wildman–Crippen LogP) is 1.01. The Morgan fingerprint density at radius 2 is 2.47 bits per heavy atom. The Kier molecular flexibility index (Phi) is 2.72. The van der Waals surface area contributed by atoms with Gasteiger partial charge in [0.15, 0.2) is 5.82 Å². The van der Waals surface area contributed by atoms with Gasteiger partial charge in [0.25, 0.3) is 5.56 Å². The molecule has 2 rings (SSSR count). The molecule has 15 heavy (non-hydrogen) atoms. The van der Waals surface area contributed by atoms with Crippen LogP contribution in [0.1, 0.15) is 25.3 Å². The van der Waals surface area contributed by atoms with Crippen molar-refractivity contribution in [2.45, 2.75) is 25.3 Å². The molecule has 1 fully saturated rings. The van der Waals surface area contributed by atoms with Crippen LogP contribution in [0, 0.1) is 12.3 Å². The number of anilines is 1. The summed E-state index contributed by atoms with van der Waals surface area (Å²) in [6, 6.07) is 0.383. The van der Waals surface area contributed by atoms with Gasteiger partial charge in [0.1, 0.15) is 0 Å². The average molecular weight is 203 g/mol. The molecule has 1 aromatic rings. The number of aromatic nitrogens is 2. The summed E-state index contributed by atoms with van der Waals surface area (Å²) in [7, 11) is 0. The highest BCUT2D eigenvalue weighted by molar-refractivity contribution is 5.31. The van der Waals surface area contributed by atoms with Gasteiger partial charge in [-0.15, -0.1) is 12.3 Å². The third-order valence-electron chi connectivity index (χ3n) is 2.37. The van der Waals surface area contributed by atoms with Crippen molar-refractivity contribution < 1.29 is 0 Å². The molecule has 1 aliphatic rings. The van der Waals surface area contributed by atoms with Crippen LogP contribution in [0.5, 0.6) is 0 Å². The number of nitrogens with zero attached hydrogens (tertiary/aromatic N) is 2.